The first kappa shape index (κ1) is 17.5. The van der Waals surface area contributed by atoms with Crippen LogP contribution in [0.1, 0.15) is 36.0 Å². The molecule has 0 aromatic heterocycles. The lowest BCUT2D eigenvalue weighted by atomic mass is 10.1. The molecule has 1 amide bonds. The van der Waals surface area contributed by atoms with E-state index in [-0.39, 0.29) is 18.3 Å². The van der Waals surface area contributed by atoms with E-state index in [4.69, 9.17) is 5.73 Å². The number of amides is 1. The second-order valence-electron chi connectivity index (χ2n) is 4.45. The summed E-state index contributed by atoms with van der Waals surface area (Å²) in [6.07, 6.45) is 6.25. The number of allylic oxidation sites excluding steroid dienone is 1. The number of hydrogen-bond acceptors (Lipinski definition) is 2. The molecule has 2 N–H and O–H groups in total. The van der Waals surface area contributed by atoms with Gasteiger partial charge in [0.2, 0.25) is 0 Å². The Balaban J connectivity index is 0.00000324. The average Bonchev–Trinajstić information content (AvgIpc) is 2.38. The lowest BCUT2D eigenvalue weighted by Crippen LogP contribution is -2.28. The molecular formula is C15H23ClN2O. The summed E-state index contributed by atoms with van der Waals surface area (Å²) in [5.41, 5.74) is 6.93. The molecule has 106 valence electrons. The molecule has 4 heteroatoms. The number of nitrogens with zero attached hydrogens (tertiary/aromatic N) is 1. The molecule has 0 aliphatic heterocycles. The summed E-state index contributed by atoms with van der Waals surface area (Å²) >= 11 is 0. The van der Waals surface area contributed by atoms with Gasteiger partial charge in [0, 0.05) is 19.3 Å². The largest absolute Gasteiger partial charge is 0.398 e. The van der Waals surface area contributed by atoms with Crippen LogP contribution in [-0.4, -0.2) is 24.4 Å². The number of rotatable bonds is 7. The summed E-state index contributed by atoms with van der Waals surface area (Å²) in [7, 11) is 1.82. The van der Waals surface area contributed by atoms with Crippen LogP contribution in [0.3, 0.4) is 0 Å². The van der Waals surface area contributed by atoms with Crippen molar-refractivity contribution < 1.29 is 4.79 Å². The van der Waals surface area contributed by atoms with Crippen molar-refractivity contribution in [1.29, 1.82) is 0 Å². The van der Waals surface area contributed by atoms with Crippen molar-refractivity contribution in [2.75, 3.05) is 19.3 Å². The summed E-state index contributed by atoms with van der Waals surface area (Å²) in [5, 5.41) is 0. The van der Waals surface area contributed by atoms with Crippen molar-refractivity contribution in [3.05, 3.63) is 42.5 Å². The molecular weight excluding hydrogens is 260 g/mol. The van der Waals surface area contributed by atoms with E-state index in [2.05, 4.69) is 6.58 Å². The smallest absolute Gasteiger partial charge is 0.255 e. The van der Waals surface area contributed by atoms with Crippen molar-refractivity contribution in [2.24, 2.45) is 0 Å². The third-order valence-corrected chi connectivity index (χ3v) is 2.94. The van der Waals surface area contributed by atoms with Crippen LogP contribution in [0.4, 0.5) is 5.69 Å². The van der Waals surface area contributed by atoms with Gasteiger partial charge >= 0.3 is 0 Å². The fraction of sp³-hybridized carbons (Fsp3) is 0.400. The molecule has 0 bridgehead atoms. The fourth-order valence-electron chi connectivity index (χ4n) is 1.81. The van der Waals surface area contributed by atoms with Crippen LogP contribution < -0.4 is 5.73 Å². The van der Waals surface area contributed by atoms with Gasteiger partial charge in [-0.05, 0) is 31.4 Å². The third kappa shape index (κ3) is 5.79. The normalized spacial score (nSPS) is 9.53. The van der Waals surface area contributed by atoms with Crippen LogP contribution >= 0.6 is 12.4 Å². The van der Waals surface area contributed by atoms with Gasteiger partial charge in [-0.1, -0.05) is 24.6 Å². The molecule has 0 aliphatic carbocycles. The van der Waals surface area contributed by atoms with Gasteiger partial charge in [-0.3, -0.25) is 4.79 Å². The molecule has 1 aromatic carbocycles. The maximum Gasteiger partial charge on any atom is 0.255 e. The molecule has 19 heavy (non-hydrogen) atoms. The number of unbranched alkanes of at least 4 members (excludes halogenated alkanes) is 3. The van der Waals surface area contributed by atoms with Crippen molar-refractivity contribution >= 4 is 24.0 Å². The number of carbonyl (C=O) groups excluding carboxylic acids is 1. The number of para-hydroxylation sites is 1. The number of carbonyl (C=O) groups is 1. The molecule has 0 aliphatic rings. The predicted octanol–water partition coefficient (Wildman–Crippen LogP) is 3.51. The molecule has 0 atom stereocenters. The Kier molecular flexibility index (Phi) is 8.71. The molecule has 0 radical (unpaired) electrons. The molecule has 0 heterocycles. The maximum atomic E-state index is 12.1. The highest BCUT2D eigenvalue weighted by Gasteiger charge is 2.13. The average molecular weight is 283 g/mol. The molecule has 3 nitrogen and oxygen atoms in total. The van der Waals surface area contributed by atoms with E-state index in [0.29, 0.717) is 11.3 Å². The minimum absolute atomic E-state index is 0. The number of nitrogens with two attached hydrogens (primary N) is 1. The molecule has 1 aromatic rings. The van der Waals surface area contributed by atoms with Crippen molar-refractivity contribution in [3.63, 3.8) is 0 Å². The first-order valence-corrected chi connectivity index (χ1v) is 6.37. The monoisotopic (exact) mass is 282 g/mol. The summed E-state index contributed by atoms with van der Waals surface area (Å²) in [5.74, 6) is -0.00294. The van der Waals surface area contributed by atoms with E-state index in [1.54, 1.807) is 17.0 Å². The topological polar surface area (TPSA) is 46.3 Å². The number of halogens is 1. The van der Waals surface area contributed by atoms with E-state index in [9.17, 15) is 4.79 Å². The zero-order valence-corrected chi connectivity index (χ0v) is 12.3. The summed E-state index contributed by atoms with van der Waals surface area (Å²) in [6.45, 7) is 4.46. The Hall–Kier alpha value is -1.48. The van der Waals surface area contributed by atoms with E-state index < -0.39 is 0 Å². The Bertz CT molecular complexity index is 407. The van der Waals surface area contributed by atoms with E-state index in [1.165, 1.54) is 0 Å². The molecule has 1 rings (SSSR count). The van der Waals surface area contributed by atoms with Crippen molar-refractivity contribution in [1.82, 2.24) is 4.90 Å². The van der Waals surface area contributed by atoms with Crippen LogP contribution in [0.2, 0.25) is 0 Å². The second-order valence-corrected chi connectivity index (χ2v) is 4.45. The van der Waals surface area contributed by atoms with Gasteiger partial charge in [-0.25, -0.2) is 0 Å². The van der Waals surface area contributed by atoms with E-state index >= 15 is 0 Å². The van der Waals surface area contributed by atoms with Gasteiger partial charge in [0.15, 0.2) is 0 Å². The highest BCUT2D eigenvalue weighted by atomic mass is 35.5. The highest BCUT2D eigenvalue weighted by Crippen LogP contribution is 2.13. The van der Waals surface area contributed by atoms with Gasteiger partial charge < -0.3 is 10.6 Å². The third-order valence-electron chi connectivity index (χ3n) is 2.94. The van der Waals surface area contributed by atoms with Gasteiger partial charge in [0.1, 0.15) is 0 Å². The fourth-order valence-corrected chi connectivity index (χ4v) is 1.81. The van der Waals surface area contributed by atoms with Crippen molar-refractivity contribution in [3.8, 4) is 0 Å². The Morgan fingerprint density at radius 3 is 2.63 bits per heavy atom. The molecule has 0 saturated carbocycles. The zero-order chi connectivity index (χ0) is 13.4. The Morgan fingerprint density at radius 2 is 2.00 bits per heavy atom. The van der Waals surface area contributed by atoms with Crippen LogP contribution in [0, 0.1) is 0 Å². The predicted molar refractivity (Wildman–Crippen MR) is 83.7 cm³/mol. The summed E-state index contributed by atoms with van der Waals surface area (Å²) < 4.78 is 0. The van der Waals surface area contributed by atoms with Crippen LogP contribution in [0.5, 0.6) is 0 Å². The standard InChI is InChI=1S/C15H22N2O.ClH/c1-3-4-5-6-9-12-17(2)15(18)13-10-7-8-11-14(13)16;/h3,7-8,10-11H,1,4-6,9,12,16H2,2H3;1H. The second kappa shape index (κ2) is 9.45. The zero-order valence-electron chi connectivity index (χ0n) is 11.5. The Labute approximate surface area is 121 Å². The number of anilines is 1. The van der Waals surface area contributed by atoms with Gasteiger partial charge in [-0.2, -0.15) is 0 Å². The Morgan fingerprint density at radius 1 is 1.32 bits per heavy atom. The SMILES string of the molecule is C=CCCCCCN(C)C(=O)c1ccccc1N.Cl. The number of hydrogen-bond donors (Lipinski definition) is 1. The van der Waals surface area contributed by atoms with Gasteiger partial charge in [-0.15, -0.1) is 19.0 Å². The van der Waals surface area contributed by atoms with Crippen LogP contribution in [-0.2, 0) is 0 Å². The first-order chi connectivity index (χ1) is 8.66. The van der Waals surface area contributed by atoms with Crippen molar-refractivity contribution in [2.45, 2.75) is 25.7 Å². The minimum Gasteiger partial charge on any atom is -0.398 e. The lowest BCUT2D eigenvalue weighted by Gasteiger charge is -2.18. The molecule has 0 spiro atoms. The number of benzene rings is 1. The maximum absolute atomic E-state index is 12.1. The minimum atomic E-state index is -0.00294. The van der Waals surface area contributed by atoms with Crippen LogP contribution in [0.25, 0.3) is 0 Å². The number of nitrogen functional groups attached to an aromatic ring is 1. The summed E-state index contributed by atoms with van der Waals surface area (Å²) in [4.78, 5) is 13.9. The summed E-state index contributed by atoms with van der Waals surface area (Å²) in [6, 6.07) is 7.19. The van der Waals surface area contributed by atoms with Crippen LogP contribution in [0.15, 0.2) is 36.9 Å². The van der Waals surface area contributed by atoms with Gasteiger partial charge in [0.05, 0.1) is 5.56 Å². The quantitative estimate of drug-likeness (QED) is 0.473. The first-order valence-electron chi connectivity index (χ1n) is 6.37. The van der Waals surface area contributed by atoms with E-state index in [1.807, 2.05) is 25.3 Å². The molecule has 0 unspecified atom stereocenters. The van der Waals surface area contributed by atoms with Gasteiger partial charge in [0.25, 0.3) is 5.91 Å². The lowest BCUT2D eigenvalue weighted by molar-refractivity contribution is 0.0793. The molecule has 0 saturated heterocycles. The van der Waals surface area contributed by atoms with E-state index in [0.717, 1.165) is 32.2 Å². The highest BCUT2D eigenvalue weighted by molar-refractivity contribution is 5.98. The molecule has 0 fully saturated rings.